The Kier molecular flexibility index (Phi) is 3.16. The van der Waals surface area contributed by atoms with Crippen LogP contribution in [-0.4, -0.2) is 37.4 Å². The minimum absolute atomic E-state index is 0.0825. The second-order valence-electron chi connectivity index (χ2n) is 5.42. The summed E-state index contributed by atoms with van der Waals surface area (Å²) in [5.74, 6) is 0.0825. The number of hydrogen-bond acceptors (Lipinski definition) is 4. The van der Waals surface area contributed by atoms with Gasteiger partial charge in [0.25, 0.3) is 0 Å². The van der Waals surface area contributed by atoms with E-state index in [2.05, 4.69) is 16.7 Å². The van der Waals surface area contributed by atoms with Crippen LogP contribution >= 0.6 is 0 Å². The van der Waals surface area contributed by atoms with E-state index in [1.807, 2.05) is 12.1 Å². The SMILES string of the molecule is O=C1CCc2cc(NCC3(CO)COC3)ccc2N1. The van der Waals surface area contributed by atoms with Gasteiger partial charge in [-0.25, -0.2) is 0 Å². The van der Waals surface area contributed by atoms with E-state index < -0.39 is 0 Å². The second-order valence-corrected chi connectivity index (χ2v) is 5.42. The zero-order valence-electron chi connectivity index (χ0n) is 10.7. The highest BCUT2D eigenvalue weighted by atomic mass is 16.5. The van der Waals surface area contributed by atoms with Crippen molar-refractivity contribution in [2.45, 2.75) is 12.8 Å². The van der Waals surface area contributed by atoms with Crippen LogP contribution in [0.1, 0.15) is 12.0 Å². The average molecular weight is 262 g/mol. The van der Waals surface area contributed by atoms with Crippen LogP contribution in [0.5, 0.6) is 0 Å². The van der Waals surface area contributed by atoms with E-state index in [4.69, 9.17) is 4.74 Å². The molecular weight excluding hydrogens is 244 g/mol. The van der Waals surface area contributed by atoms with Crippen molar-refractivity contribution in [3.05, 3.63) is 23.8 Å². The molecule has 1 fully saturated rings. The summed E-state index contributed by atoms with van der Waals surface area (Å²) >= 11 is 0. The van der Waals surface area contributed by atoms with Gasteiger partial charge in [-0.3, -0.25) is 4.79 Å². The molecule has 1 amide bonds. The average Bonchev–Trinajstić information content (AvgIpc) is 2.38. The molecule has 2 heterocycles. The first-order valence-electron chi connectivity index (χ1n) is 6.56. The number of hydrogen-bond donors (Lipinski definition) is 3. The van der Waals surface area contributed by atoms with Crippen LogP contribution in [0.25, 0.3) is 0 Å². The van der Waals surface area contributed by atoms with Crippen molar-refractivity contribution in [2.75, 3.05) is 37.0 Å². The van der Waals surface area contributed by atoms with E-state index in [-0.39, 0.29) is 17.9 Å². The maximum atomic E-state index is 11.3. The van der Waals surface area contributed by atoms with Gasteiger partial charge in [0.05, 0.1) is 25.2 Å². The van der Waals surface area contributed by atoms with Crippen molar-refractivity contribution in [1.82, 2.24) is 0 Å². The Balaban J connectivity index is 1.67. The molecule has 0 aromatic heterocycles. The summed E-state index contributed by atoms with van der Waals surface area (Å²) in [6.07, 6.45) is 1.33. The molecule has 0 aliphatic carbocycles. The number of benzene rings is 1. The molecule has 102 valence electrons. The minimum atomic E-state index is -0.135. The Labute approximate surface area is 112 Å². The monoisotopic (exact) mass is 262 g/mol. The molecule has 0 spiro atoms. The summed E-state index contributed by atoms with van der Waals surface area (Å²) in [6.45, 7) is 2.06. The first-order valence-corrected chi connectivity index (χ1v) is 6.56. The van der Waals surface area contributed by atoms with Gasteiger partial charge >= 0.3 is 0 Å². The lowest BCUT2D eigenvalue weighted by atomic mass is 9.87. The van der Waals surface area contributed by atoms with Crippen LogP contribution in [0.4, 0.5) is 11.4 Å². The predicted molar refractivity (Wildman–Crippen MR) is 72.2 cm³/mol. The summed E-state index contributed by atoms with van der Waals surface area (Å²) in [5, 5.41) is 15.6. The molecule has 1 aromatic rings. The third kappa shape index (κ3) is 2.43. The van der Waals surface area contributed by atoms with Crippen molar-refractivity contribution in [1.29, 1.82) is 0 Å². The van der Waals surface area contributed by atoms with Gasteiger partial charge in [0.15, 0.2) is 0 Å². The van der Waals surface area contributed by atoms with Crippen LogP contribution in [-0.2, 0) is 16.0 Å². The van der Waals surface area contributed by atoms with Gasteiger partial charge in [-0.15, -0.1) is 0 Å². The number of ether oxygens (including phenoxy) is 1. The summed E-state index contributed by atoms with van der Waals surface area (Å²) in [5.41, 5.74) is 2.96. The molecule has 5 heteroatoms. The fourth-order valence-corrected chi connectivity index (χ4v) is 2.42. The van der Waals surface area contributed by atoms with Gasteiger partial charge in [0.1, 0.15) is 0 Å². The highest BCUT2D eigenvalue weighted by Crippen LogP contribution is 2.29. The summed E-state index contributed by atoms with van der Waals surface area (Å²) in [6, 6.07) is 5.95. The maximum absolute atomic E-state index is 11.3. The predicted octanol–water partition coefficient (Wildman–Crippen LogP) is 0.992. The van der Waals surface area contributed by atoms with E-state index in [9.17, 15) is 9.90 Å². The highest BCUT2D eigenvalue weighted by Gasteiger charge is 2.37. The maximum Gasteiger partial charge on any atom is 0.224 e. The minimum Gasteiger partial charge on any atom is -0.396 e. The molecule has 1 saturated heterocycles. The second kappa shape index (κ2) is 4.83. The Morgan fingerprint density at radius 1 is 1.37 bits per heavy atom. The Morgan fingerprint density at radius 2 is 2.21 bits per heavy atom. The Bertz CT molecular complexity index is 492. The van der Waals surface area contributed by atoms with Crippen molar-refractivity contribution in [3.8, 4) is 0 Å². The number of aliphatic hydroxyl groups is 1. The van der Waals surface area contributed by atoms with Crippen LogP contribution in [0.2, 0.25) is 0 Å². The van der Waals surface area contributed by atoms with Crippen LogP contribution in [0, 0.1) is 5.41 Å². The molecule has 1 aromatic carbocycles. The number of aryl methyl sites for hydroxylation is 1. The van der Waals surface area contributed by atoms with Gasteiger partial charge in [-0.05, 0) is 30.2 Å². The smallest absolute Gasteiger partial charge is 0.224 e. The number of nitrogens with one attached hydrogen (secondary N) is 2. The fourth-order valence-electron chi connectivity index (χ4n) is 2.42. The van der Waals surface area contributed by atoms with Gasteiger partial charge in [0, 0.05) is 24.3 Å². The van der Waals surface area contributed by atoms with Gasteiger partial charge in [-0.1, -0.05) is 0 Å². The number of carbonyl (C=O) groups is 1. The quantitative estimate of drug-likeness (QED) is 0.757. The zero-order valence-corrected chi connectivity index (χ0v) is 10.7. The van der Waals surface area contributed by atoms with Crippen molar-refractivity contribution in [3.63, 3.8) is 0 Å². The normalized spacial score (nSPS) is 20.2. The van der Waals surface area contributed by atoms with E-state index in [0.717, 1.165) is 23.4 Å². The topological polar surface area (TPSA) is 70.6 Å². The molecule has 0 radical (unpaired) electrons. The fraction of sp³-hybridized carbons (Fsp3) is 0.500. The lowest BCUT2D eigenvalue weighted by Crippen LogP contribution is -2.50. The number of anilines is 2. The van der Waals surface area contributed by atoms with Crippen LogP contribution in [0.15, 0.2) is 18.2 Å². The van der Waals surface area contributed by atoms with E-state index in [1.54, 1.807) is 0 Å². The number of amides is 1. The summed E-state index contributed by atoms with van der Waals surface area (Å²) in [4.78, 5) is 11.3. The summed E-state index contributed by atoms with van der Waals surface area (Å²) < 4.78 is 5.17. The number of fused-ring (bicyclic) bond motifs is 1. The molecular formula is C14H18N2O3. The zero-order chi connectivity index (χ0) is 13.3. The third-order valence-electron chi connectivity index (χ3n) is 3.82. The Hall–Kier alpha value is -1.59. The lowest BCUT2D eigenvalue weighted by Gasteiger charge is -2.40. The molecule has 19 heavy (non-hydrogen) atoms. The molecule has 3 rings (SSSR count). The first kappa shape index (κ1) is 12.4. The van der Waals surface area contributed by atoms with E-state index in [1.165, 1.54) is 0 Å². The standard InChI is InChI=1S/C14H18N2O3/c17-7-14(8-19-9-14)6-15-11-2-3-12-10(5-11)1-4-13(18)16-12/h2-3,5,15,17H,1,4,6-9H2,(H,16,18). The largest absolute Gasteiger partial charge is 0.396 e. The number of aliphatic hydroxyl groups excluding tert-OH is 1. The van der Waals surface area contributed by atoms with Gasteiger partial charge in [0.2, 0.25) is 5.91 Å². The van der Waals surface area contributed by atoms with Crippen LogP contribution in [0.3, 0.4) is 0 Å². The highest BCUT2D eigenvalue weighted by molar-refractivity contribution is 5.94. The molecule has 0 atom stereocenters. The van der Waals surface area contributed by atoms with Crippen molar-refractivity contribution in [2.24, 2.45) is 5.41 Å². The van der Waals surface area contributed by atoms with Crippen molar-refractivity contribution < 1.29 is 14.6 Å². The first-order chi connectivity index (χ1) is 9.21. The third-order valence-corrected chi connectivity index (χ3v) is 3.82. The van der Waals surface area contributed by atoms with Gasteiger partial charge in [-0.2, -0.15) is 0 Å². The molecule has 0 saturated carbocycles. The molecule has 0 bridgehead atoms. The van der Waals surface area contributed by atoms with Crippen LogP contribution < -0.4 is 10.6 Å². The molecule has 5 nitrogen and oxygen atoms in total. The van der Waals surface area contributed by atoms with Crippen molar-refractivity contribution >= 4 is 17.3 Å². The van der Waals surface area contributed by atoms with Gasteiger partial charge < -0.3 is 20.5 Å². The molecule has 0 unspecified atom stereocenters. The number of carbonyl (C=O) groups excluding carboxylic acids is 1. The molecule has 2 aliphatic rings. The number of rotatable bonds is 4. The molecule has 3 N–H and O–H groups in total. The Morgan fingerprint density at radius 3 is 2.89 bits per heavy atom. The summed E-state index contributed by atoms with van der Waals surface area (Å²) in [7, 11) is 0. The van der Waals surface area contributed by atoms with E-state index >= 15 is 0 Å². The van der Waals surface area contributed by atoms with E-state index in [0.29, 0.717) is 26.2 Å². The lowest BCUT2D eigenvalue weighted by molar-refractivity contribution is -0.128. The molecule has 2 aliphatic heterocycles.